The summed E-state index contributed by atoms with van der Waals surface area (Å²) in [5.74, 6) is 0. The summed E-state index contributed by atoms with van der Waals surface area (Å²) in [4.78, 5) is 4.48. The maximum absolute atomic E-state index is 4.48. The van der Waals surface area contributed by atoms with Crippen LogP contribution in [0.25, 0.3) is 99.1 Å². The Labute approximate surface area is 276 Å². The first-order valence-corrected chi connectivity index (χ1v) is 16.5. The third-order valence-corrected chi connectivity index (χ3v) is 10.4. The molecule has 0 amide bonds. The van der Waals surface area contributed by atoms with Gasteiger partial charge in [0, 0.05) is 38.8 Å². The highest BCUT2D eigenvalue weighted by atomic mass is 15.0. The predicted octanol–water partition coefficient (Wildman–Crippen LogP) is 11.7. The van der Waals surface area contributed by atoms with Crippen LogP contribution in [0, 0.1) is 0 Å². The molecule has 0 N–H and O–H groups in total. The van der Waals surface area contributed by atoms with E-state index in [1.165, 1.54) is 87.9 Å². The second-order valence-corrected chi connectivity index (χ2v) is 12.8. The van der Waals surface area contributed by atoms with Crippen molar-refractivity contribution < 1.29 is 0 Å². The van der Waals surface area contributed by atoms with E-state index in [4.69, 9.17) is 0 Å². The van der Waals surface area contributed by atoms with Crippen molar-refractivity contribution >= 4 is 54.4 Å². The molecule has 0 radical (unpaired) electrons. The Bertz CT molecular complexity index is 2910. The van der Waals surface area contributed by atoms with Gasteiger partial charge >= 0.3 is 0 Å². The smallest absolute Gasteiger partial charge is 0.0724 e. The first-order valence-electron chi connectivity index (χ1n) is 16.5. The number of benzene rings is 7. The fourth-order valence-electron chi connectivity index (χ4n) is 8.30. The lowest BCUT2D eigenvalue weighted by molar-refractivity contribution is 1.17. The van der Waals surface area contributed by atoms with E-state index in [0.29, 0.717) is 0 Å². The van der Waals surface area contributed by atoms with Crippen molar-refractivity contribution in [2.75, 3.05) is 0 Å². The van der Waals surface area contributed by atoms with E-state index in [1.54, 1.807) is 0 Å². The van der Waals surface area contributed by atoms with Gasteiger partial charge in [0.25, 0.3) is 0 Å². The van der Waals surface area contributed by atoms with E-state index in [2.05, 4.69) is 166 Å². The summed E-state index contributed by atoms with van der Waals surface area (Å²) in [6.07, 6.45) is 3.87. The summed E-state index contributed by atoms with van der Waals surface area (Å²) in [6.45, 7) is 0. The maximum Gasteiger partial charge on any atom is 0.0724 e. The lowest BCUT2D eigenvalue weighted by atomic mass is 10.0. The highest BCUT2D eigenvalue weighted by molar-refractivity contribution is 6.19. The zero-order chi connectivity index (χ0) is 31.3. The molecule has 0 saturated carbocycles. The molecular weight excluding hydrogens is 583 g/mol. The average molecular weight is 610 g/mol. The molecule has 0 atom stereocenters. The fourth-order valence-corrected chi connectivity index (χ4v) is 8.30. The summed E-state index contributed by atoms with van der Waals surface area (Å²) in [5, 5.41) is 7.57. The van der Waals surface area contributed by atoms with Gasteiger partial charge in [-0.15, -0.1) is 0 Å². The van der Waals surface area contributed by atoms with Crippen LogP contribution in [0.15, 0.2) is 164 Å². The van der Waals surface area contributed by atoms with Crippen molar-refractivity contribution in [2.45, 2.75) is 0 Å². The van der Waals surface area contributed by atoms with Crippen LogP contribution in [0.5, 0.6) is 0 Å². The lowest BCUT2D eigenvalue weighted by Gasteiger charge is -2.13. The normalized spacial score (nSPS) is 12.2. The van der Waals surface area contributed by atoms with E-state index < -0.39 is 0 Å². The molecule has 3 nitrogen and oxygen atoms in total. The molecule has 0 saturated heterocycles. The van der Waals surface area contributed by atoms with Crippen LogP contribution in [-0.4, -0.2) is 14.1 Å². The molecule has 0 fully saturated rings. The Morgan fingerprint density at radius 1 is 0.375 bits per heavy atom. The minimum absolute atomic E-state index is 1.11. The van der Waals surface area contributed by atoms with Gasteiger partial charge in [0.2, 0.25) is 0 Å². The number of nitrogens with zero attached hydrogens (tertiary/aromatic N) is 3. The summed E-state index contributed by atoms with van der Waals surface area (Å²) < 4.78 is 4.78. The van der Waals surface area contributed by atoms with Gasteiger partial charge in [-0.05, 0) is 93.4 Å². The minimum Gasteiger partial charge on any atom is -0.309 e. The van der Waals surface area contributed by atoms with Crippen LogP contribution >= 0.6 is 0 Å². The molecule has 11 rings (SSSR count). The molecule has 222 valence electrons. The van der Waals surface area contributed by atoms with Crippen molar-refractivity contribution in [2.24, 2.45) is 0 Å². The molecule has 48 heavy (non-hydrogen) atoms. The Kier molecular flexibility index (Phi) is 5.11. The second-order valence-electron chi connectivity index (χ2n) is 12.8. The number of fused-ring (bicyclic) bond motifs is 9. The van der Waals surface area contributed by atoms with Crippen LogP contribution in [0.1, 0.15) is 0 Å². The standard InChI is InChI=1S/C45H27N3/c1-2-9-30(10-3-1)47-42-20-17-28(26-39(42)34-23-24-46-27-44(34)47)29-18-21-43-38(25-29)33-13-6-7-16-40(33)48(43)41-22-19-36-32-12-5-4-11-31(32)35-14-8-15-37(41)45(35)36/h1-27H. The Morgan fingerprint density at radius 2 is 0.979 bits per heavy atom. The first kappa shape index (κ1) is 25.7. The Morgan fingerprint density at radius 3 is 1.77 bits per heavy atom. The summed E-state index contributed by atoms with van der Waals surface area (Å²) in [5.41, 5.74) is 14.8. The average Bonchev–Trinajstić information content (AvgIpc) is 3.78. The molecule has 0 aliphatic heterocycles. The quantitative estimate of drug-likeness (QED) is 0.195. The Balaban J connectivity index is 1.13. The van der Waals surface area contributed by atoms with E-state index in [-0.39, 0.29) is 0 Å². The van der Waals surface area contributed by atoms with Gasteiger partial charge < -0.3 is 9.13 Å². The predicted molar refractivity (Wildman–Crippen MR) is 200 cm³/mol. The monoisotopic (exact) mass is 609 g/mol. The van der Waals surface area contributed by atoms with E-state index >= 15 is 0 Å². The SMILES string of the molecule is c1ccc(-n2c3ccc(-c4ccc5c(c4)c4ccccc4n5-c4ccc5c6c(cccc46)-c4ccccc4-5)cc3c3ccncc32)cc1. The van der Waals surface area contributed by atoms with E-state index in [1.807, 2.05) is 12.4 Å². The van der Waals surface area contributed by atoms with Crippen LogP contribution in [0.2, 0.25) is 0 Å². The van der Waals surface area contributed by atoms with Crippen molar-refractivity contribution in [3.05, 3.63) is 164 Å². The number of para-hydroxylation sites is 2. The van der Waals surface area contributed by atoms with Gasteiger partial charge in [-0.2, -0.15) is 0 Å². The summed E-state index contributed by atoms with van der Waals surface area (Å²) in [6, 6.07) is 55.5. The highest BCUT2D eigenvalue weighted by Gasteiger charge is 2.24. The summed E-state index contributed by atoms with van der Waals surface area (Å²) in [7, 11) is 0. The van der Waals surface area contributed by atoms with Crippen molar-refractivity contribution in [1.29, 1.82) is 0 Å². The first-order chi connectivity index (χ1) is 23.8. The molecule has 3 heterocycles. The number of hydrogen-bond donors (Lipinski definition) is 0. The molecule has 10 aromatic rings. The largest absolute Gasteiger partial charge is 0.309 e. The molecule has 1 aliphatic rings. The zero-order valence-electron chi connectivity index (χ0n) is 25.9. The van der Waals surface area contributed by atoms with Crippen LogP contribution < -0.4 is 0 Å². The molecule has 3 aromatic heterocycles. The van der Waals surface area contributed by atoms with Crippen LogP contribution in [0.3, 0.4) is 0 Å². The highest BCUT2D eigenvalue weighted by Crippen LogP contribution is 2.49. The van der Waals surface area contributed by atoms with Gasteiger partial charge in [-0.25, -0.2) is 0 Å². The second kappa shape index (κ2) is 9.54. The zero-order valence-corrected chi connectivity index (χ0v) is 25.9. The molecule has 0 unspecified atom stereocenters. The van der Waals surface area contributed by atoms with Crippen LogP contribution in [0.4, 0.5) is 0 Å². The van der Waals surface area contributed by atoms with E-state index in [0.717, 1.165) is 11.2 Å². The van der Waals surface area contributed by atoms with Crippen LogP contribution in [-0.2, 0) is 0 Å². The van der Waals surface area contributed by atoms with Crippen molar-refractivity contribution in [1.82, 2.24) is 14.1 Å². The fraction of sp³-hybridized carbons (Fsp3) is 0. The van der Waals surface area contributed by atoms with Crippen molar-refractivity contribution in [3.8, 4) is 44.8 Å². The molecule has 7 aromatic carbocycles. The van der Waals surface area contributed by atoms with E-state index in [9.17, 15) is 0 Å². The number of aromatic nitrogens is 3. The molecule has 1 aliphatic carbocycles. The third-order valence-electron chi connectivity index (χ3n) is 10.4. The Hall–Kier alpha value is -6.45. The van der Waals surface area contributed by atoms with Gasteiger partial charge in [0.1, 0.15) is 0 Å². The van der Waals surface area contributed by atoms with Gasteiger partial charge in [0.15, 0.2) is 0 Å². The molecule has 0 spiro atoms. The lowest BCUT2D eigenvalue weighted by Crippen LogP contribution is -1.95. The van der Waals surface area contributed by atoms with Crippen molar-refractivity contribution in [3.63, 3.8) is 0 Å². The third kappa shape index (κ3) is 3.40. The van der Waals surface area contributed by atoms with Gasteiger partial charge in [-0.1, -0.05) is 97.1 Å². The summed E-state index contributed by atoms with van der Waals surface area (Å²) >= 11 is 0. The molecule has 3 heteroatoms. The maximum atomic E-state index is 4.48. The number of rotatable bonds is 3. The van der Waals surface area contributed by atoms with Gasteiger partial charge in [-0.3, -0.25) is 4.98 Å². The molecule has 0 bridgehead atoms. The number of hydrogen-bond acceptors (Lipinski definition) is 1. The minimum atomic E-state index is 1.11. The number of pyridine rings is 1. The van der Waals surface area contributed by atoms with Gasteiger partial charge in [0.05, 0.1) is 34.0 Å². The molecular formula is C45H27N3. The topological polar surface area (TPSA) is 22.8 Å².